The Morgan fingerprint density at radius 1 is 1.19 bits per heavy atom. The molecule has 2 aromatic heterocycles. The molecule has 0 saturated carbocycles. The van der Waals surface area contributed by atoms with Gasteiger partial charge in [-0.05, 0) is 60.6 Å². The molecule has 1 aliphatic rings. The Labute approximate surface area is 211 Å². The van der Waals surface area contributed by atoms with Gasteiger partial charge in [0.05, 0.1) is 5.69 Å². The van der Waals surface area contributed by atoms with Crippen molar-refractivity contribution in [2.45, 2.75) is 38.8 Å². The summed E-state index contributed by atoms with van der Waals surface area (Å²) in [6.45, 7) is 3.89. The van der Waals surface area contributed by atoms with Crippen molar-refractivity contribution in [3.05, 3.63) is 94.4 Å². The molecule has 2 N–H and O–H groups in total. The van der Waals surface area contributed by atoms with E-state index in [0.29, 0.717) is 6.04 Å². The van der Waals surface area contributed by atoms with Gasteiger partial charge in [0.1, 0.15) is 0 Å². The predicted octanol–water partition coefficient (Wildman–Crippen LogP) is 4.47. The van der Waals surface area contributed by atoms with Gasteiger partial charge in [-0.15, -0.1) is 0 Å². The van der Waals surface area contributed by atoms with Gasteiger partial charge in [-0.1, -0.05) is 36.4 Å². The molecule has 2 heterocycles. The lowest BCUT2D eigenvalue weighted by molar-refractivity contribution is -0.124. The fourth-order valence-electron chi connectivity index (χ4n) is 5.56. The van der Waals surface area contributed by atoms with Gasteiger partial charge in [0.15, 0.2) is 0 Å². The zero-order valence-corrected chi connectivity index (χ0v) is 21.1. The van der Waals surface area contributed by atoms with Crippen molar-refractivity contribution >= 4 is 22.9 Å². The van der Waals surface area contributed by atoms with Crippen LogP contribution in [0, 0.1) is 6.92 Å². The van der Waals surface area contributed by atoms with Crippen LogP contribution in [0.3, 0.4) is 0 Å². The number of carbonyl (C=O) groups excluding carboxylic acids is 1. The number of hydrogen-bond acceptors (Lipinski definition) is 4. The van der Waals surface area contributed by atoms with Crippen LogP contribution in [0.5, 0.6) is 0 Å². The molecule has 1 aliphatic carbocycles. The molecule has 0 spiro atoms. The van der Waals surface area contributed by atoms with Crippen LogP contribution in [0.25, 0.3) is 17.0 Å². The molecule has 0 radical (unpaired) electrons. The molecule has 0 fully saturated rings. The van der Waals surface area contributed by atoms with Gasteiger partial charge in [-0.25, -0.2) is 5.48 Å². The minimum absolute atomic E-state index is 0.327. The maximum Gasteiger partial charge on any atom is 0.267 e. The summed E-state index contributed by atoms with van der Waals surface area (Å²) in [6.07, 6.45) is 10.5. The Kier molecular flexibility index (Phi) is 6.76. The smallest absolute Gasteiger partial charge is 0.267 e. The number of hydroxylamine groups is 1. The molecule has 5 rings (SSSR count). The number of hydrogen-bond donors (Lipinski definition) is 2. The third-order valence-corrected chi connectivity index (χ3v) is 7.33. The highest BCUT2D eigenvalue weighted by molar-refractivity contribution is 5.90. The number of nitrogens with one attached hydrogen (secondary N) is 1. The van der Waals surface area contributed by atoms with Crippen LogP contribution in [0.2, 0.25) is 0 Å². The first kappa shape index (κ1) is 24.0. The summed E-state index contributed by atoms with van der Waals surface area (Å²) in [5.74, 6) is -0.528. The van der Waals surface area contributed by atoms with Crippen molar-refractivity contribution in [1.29, 1.82) is 0 Å². The van der Waals surface area contributed by atoms with Crippen LogP contribution in [0.15, 0.2) is 60.9 Å². The summed E-state index contributed by atoms with van der Waals surface area (Å²) in [4.78, 5) is 14.0. The van der Waals surface area contributed by atoms with E-state index >= 15 is 0 Å². The molecule has 7 heteroatoms. The molecule has 1 unspecified atom stereocenters. The zero-order valence-electron chi connectivity index (χ0n) is 21.1. The molecule has 0 saturated heterocycles. The molecule has 186 valence electrons. The number of benzene rings is 2. The number of aryl methyl sites for hydroxylation is 4. The lowest BCUT2D eigenvalue weighted by Gasteiger charge is -2.29. The van der Waals surface area contributed by atoms with Crippen LogP contribution in [-0.2, 0) is 38.3 Å². The normalized spacial score (nSPS) is 15.3. The highest BCUT2D eigenvalue weighted by Crippen LogP contribution is 2.38. The fraction of sp³-hybridized carbons (Fsp3) is 0.310. The van der Waals surface area contributed by atoms with E-state index in [1.165, 1.54) is 39.2 Å². The monoisotopic (exact) mass is 483 g/mol. The van der Waals surface area contributed by atoms with Crippen molar-refractivity contribution in [2.24, 2.45) is 14.1 Å². The summed E-state index contributed by atoms with van der Waals surface area (Å²) in [5.41, 5.74) is 10.3. The number of carbonyl (C=O) groups is 1. The predicted molar refractivity (Wildman–Crippen MR) is 141 cm³/mol. The van der Waals surface area contributed by atoms with E-state index in [2.05, 4.69) is 83.4 Å². The number of aromatic nitrogens is 3. The van der Waals surface area contributed by atoms with Gasteiger partial charge in [-0.2, -0.15) is 5.10 Å². The number of amides is 1. The lowest BCUT2D eigenvalue weighted by Crippen LogP contribution is -2.29. The Bertz CT molecular complexity index is 1430. The fourth-order valence-corrected chi connectivity index (χ4v) is 5.56. The van der Waals surface area contributed by atoms with E-state index in [1.807, 2.05) is 11.7 Å². The van der Waals surface area contributed by atoms with Crippen LogP contribution >= 0.6 is 0 Å². The van der Waals surface area contributed by atoms with E-state index in [4.69, 9.17) is 5.21 Å². The van der Waals surface area contributed by atoms with Crippen molar-refractivity contribution in [1.82, 2.24) is 24.7 Å². The minimum Gasteiger partial charge on any atom is -0.350 e. The van der Waals surface area contributed by atoms with E-state index in [-0.39, 0.29) is 0 Å². The first-order valence-corrected chi connectivity index (χ1v) is 12.4. The standard InChI is InChI=1S/C29H33N5O2/c1-20-24(18-33(3)30-20)19-34(15-14-23-17-32(2)27-7-5-4-6-25(23)27)28-12-10-22-16-21(8-11-26(22)28)9-13-29(35)31-36/h4-9,11,13,16-18,28,36H,10,12,14-15,19H2,1-3H3,(H,31,35)/b13-9+. The van der Waals surface area contributed by atoms with E-state index in [9.17, 15) is 4.79 Å². The Morgan fingerprint density at radius 3 is 2.81 bits per heavy atom. The maximum absolute atomic E-state index is 11.4. The molecule has 1 amide bonds. The maximum atomic E-state index is 11.4. The molecule has 4 aromatic rings. The van der Waals surface area contributed by atoms with Crippen molar-refractivity contribution in [3.8, 4) is 0 Å². The molecule has 7 nitrogen and oxygen atoms in total. The largest absolute Gasteiger partial charge is 0.350 e. The van der Waals surface area contributed by atoms with Crippen LogP contribution in [0.4, 0.5) is 0 Å². The second kappa shape index (κ2) is 10.1. The second-order valence-corrected chi connectivity index (χ2v) is 9.74. The average molecular weight is 484 g/mol. The molecule has 36 heavy (non-hydrogen) atoms. The lowest BCUT2D eigenvalue weighted by atomic mass is 10.0. The summed E-state index contributed by atoms with van der Waals surface area (Å²) >= 11 is 0. The number of rotatable bonds is 8. The van der Waals surface area contributed by atoms with E-state index in [1.54, 1.807) is 11.6 Å². The first-order chi connectivity index (χ1) is 17.4. The summed E-state index contributed by atoms with van der Waals surface area (Å²) < 4.78 is 4.12. The van der Waals surface area contributed by atoms with Gasteiger partial charge in [0, 0.05) is 68.2 Å². The van der Waals surface area contributed by atoms with E-state index < -0.39 is 5.91 Å². The highest BCUT2D eigenvalue weighted by Gasteiger charge is 2.29. The number of nitrogens with zero attached hydrogens (tertiary/aromatic N) is 4. The first-order valence-electron chi connectivity index (χ1n) is 12.4. The van der Waals surface area contributed by atoms with Crippen molar-refractivity contribution in [3.63, 3.8) is 0 Å². The van der Waals surface area contributed by atoms with Crippen molar-refractivity contribution < 1.29 is 10.0 Å². The number of para-hydroxylation sites is 1. The molecular weight excluding hydrogens is 450 g/mol. The van der Waals surface area contributed by atoms with Crippen molar-refractivity contribution in [2.75, 3.05) is 6.54 Å². The minimum atomic E-state index is -0.528. The third kappa shape index (κ3) is 4.85. The summed E-state index contributed by atoms with van der Waals surface area (Å²) in [6, 6.07) is 15.4. The Hall–Kier alpha value is -3.68. The SMILES string of the molecule is Cc1nn(C)cc1CN(CCc1cn(C)c2ccccc12)C1CCc2cc(/C=C/C(=O)NO)ccc21. The van der Waals surface area contributed by atoms with E-state index in [0.717, 1.165) is 43.6 Å². The molecule has 2 aromatic carbocycles. The molecular formula is C29H33N5O2. The Balaban J connectivity index is 1.42. The quantitative estimate of drug-likeness (QED) is 0.220. The Morgan fingerprint density at radius 2 is 2.03 bits per heavy atom. The average Bonchev–Trinajstić information content (AvgIpc) is 3.54. The zero-order chi connectivity index (χ0) is 25.2. The van der Waals surface area contributed by atoms with Crippen LogP contribution < -0.4 is 5.48 Å². The van der Waals surface area contributed by atoms with Gasteiger partial charge in [-0.3, -0.25) is 19.6 Å². The molecule has 0 aliphatic heterocycles. The van der Waals surface area contributed by atoms with Crippen LogP contribution in [0.1, 0.15) is 46.0 Å². The van der Waals surface area contributed by atoms with Gasteiger partial charge < -0.3 is 4.57 Å². The van der Waals surface area contributed by atoms with Gasteiger partial charge in [0.2, 0.25) is 0 Å². The summed E-state index contributed by atoms with van der Waals surface area (Å²) in [7, 11) is 4.10. The molecule has 0 bridgehead atoms. The summed E-state index contributed by atoms with van der Waals surface area (Å²) in [5, 5.41) is 14.6. The third-order valence-electron chi connectivity index (χ3n) is 7.33. The van der Waals surface area contributed by atoms with Gasteiger partial charge in [0.25, 0.3) is 5.91 Å². The topological polar surface area (TPSA) is 75.3 Å². The highest BCUT2D eigenvalue weighted by atomic mass is 16.5. The van der Waals surface area contributed by atoms with Crippen LogP contribution in [-0.4, -0.2) is 36.9 Å². The van der Waals surface area contributed by atoms with Gasteiger partial charge >= 0.3 is 0 Å². The molecule has 1 atom stereocenters. The second-order valence-electron chi connectivity index (χ2n) is 9.74. The number of fused-ring (bicyclic) bond motifs is 2.